The van der Waals surface area contributed by atoms with Crippen LogP contribution in [0.2, 0.25) is 0 Å². The van der Waals surface area contributed by atoms with Crippen molar-refractivity contribution in [1.29, 1.82) is 0 Å². The first-order chi connectivity index (χ1) is 9.88. The SMILES string of the molecule is CC(C)c1nc(C(=O)Nc2ccc(F)c([N+](=O)[O-])c2)n[nH]1. The predicted molar refractivity (Wildman–Crippen MR) is 71.5 cm³/mol. The van der Waals surface area contributed by atoms with Crippen LogP contribution in [0.1, 0.15) is 36.2 Å². The van der Waals surface area contributed by atoms with Crippen molar-refractivity contribution in [2.24, 2.45) is 0 Å². The summed E-state index contributed by atoms with van der Waals surface area (Å²) in [4.78, 5) is 25.7. The third-order valence-corrected chi connectivity index (χ3v) is 2.65. The number of benzene rings is 1. The number of nitrogens with one attached hydrogen (secondary N) is 2. The maximum atomic E-state index is 13.2. The molecule has 0 aliphatic rings. The van der Waals surface area contributed by atoms with Crippen molar-refractivity contribution in [2.45, 2.75) is 19.8 Å². The monoisotopic (exact) mass is 293 g/mol. The van der Waals surface area contributed by atoms with Crippen LogP contribution in [0, 0.1) is 15.9 Å². The molecular formula is C12H12FN5O3. The van der Waals surface area contributed by atoms with E-state index < -0.39 is 22.3 Å². The highest BCUT2D eigenvalue weighted by molar-refractivity contribution is 6.01. The molecule has 0 radical (unpaired) electrons. The number of nitro benzene ring substituents is 1. The van der Waals surface area contributed by atoms with Crippen LogP contribution in [-0.4, -0.2) is 26.0 Å². The van der Waals surface area contributed by atoms with Crippen LogP contribution in [-0.2, 0) is 0 Å². The summed E-state index contributed by atoms with van der Waals surface area (Å²) in [6.45, 7) is 3.76. The Bertz CT molecular complexity index is 698. The summed E-state index contributed by atoms with van der Waals surface area (Å²) in [5.74, 6) is -1.08. The van der Waals surface area contributed by atoms with E-state index in [0.717, 1.165) is 12.1 Å². The molecule has 0 saturated heterocycles. The van der Waals surface area contributed by atoms with Gasteiger partial charge in [0.1, 0.15) is 5.82 Å². The van der Waals surface area contributed by atoms with Crippen LogP contribution in [0.4, 0.5) is 15.8 Å². The van der Waals surface area contributed by atoms with Crippen molar-refractivity contribution in [3.05, 3.63) is 45.8 Å². The summed E-state index contributed by atoms with van der Waals surface area (Å²) in [6, 6.07) is 3.06. The molecule has 0 fully saturated rings. The number of anilines is 1. The average Bonchev–Trinajstić information content (AvgIpc) is 2.90. The summed E-state index contributed by atoms with van der Waals surface area (Å²) < 4.78 is 13.2. The van der Waals surface area contributed by atoms with Crippen molar-refractivity contribution >= 4 is 17.3 Å². The summed E-state index contributed by atoms with van der Waals surface area (Å²) in [5.41, 5.74) is -0.630. The van der Waals surface area contributed by atoms with Gasteiger partial charge in [-0.1, -0.05) is 13.8 Å². The molecule has 0 aliphatic carbocycles. The van der Waals surface area contributed by atoms with Crippen LogP contribution < -0.4 is 5.32 Å². The van der Waals surface area contributed by atoms with Crippen LogP contribution in [0.15, 0.2) is 18.2 Å². The fourth-order valence-corrected chi connectivity index (χ4v) is 1.55. The van der Waals surface area contributed by atoms with Gasteiger partial charge in [0.05, 0.1) is 4.92 Å². The number of carbonyl (C=O) groups is 1. The summed E-state index contributed by atoms with van der Waals surface area (Å²) in [6.07, 6.45) is 0. The van der Waals surface area contributed by atoms with Crippen LogP contribution in [0.25, 0.3) is 0 Å². The molecule has 0 atom stereocenters. The molecule has 1 amide bonds. The molecule has 0 aliphatic heterocycles. The van der Waals surface area contributed by atoms with Crippen molar-refractivity contribution < 1.29 is 14.1 Å². The first kappa shape index (κ1) is 14.6. The van der Waals surface area contributed by atoms with E-state index in [1.807, 2.05) is 13.8 Å². The minimum absolute atomic E-state index is 0.0750. The number of H-pyrrole nitrogens is 1. The molecule has 2 rings (SSSR count). The van der Waals surface area contributed by atoms with E-state index in [1.165, 1.54) is 6.07 Å². The van der Waals surface area contributed by atoms with Gasteiger partial charge in [-0.2, -0.15) is 4.39 Å². The molecular weight excluding hydrogens is 281 g/mol. The van der Waals surface area contributed by atoms with Gasteiger partial charge in [-0.15, -0.1) is 5.10 Å². The van der Waals surface area contributed by atoms with Crippen LogP contribution in [0.5, 0.6) is 0 Å². The summed E-state index contributed by atoms with van der Waals surface area (Å²) in [5, 5.41) is 19.4. The zero-order valence-electron chi connectivity index (χ0n) is 11.3. The lowest BCUT2D eigenvalue weighted by Gasteiger charge is -2.02. The molecule has 1 aromatic carbocycles. The lowest BCUT2D eigenvalue weighted by molar-refractivity contribution is -0.387. The molecule has 8 nitrogen and oxygen atoms in total. The second kappa shape index (κ2) is 5.65. The molecule has 0 bridgehead atoms. The second-order valence-corrected chi connectivity index (χ2v) is 4.58. The Morgan fingerprint density at radius 3 is 2.76 bits per heavy atom. The molecule has 110 valence electrons. The maximum Gasteiger partial charge on any atom is 0.306 e. The number of hydrogen-bond acceptors (Lipinski definition) is 5. The largest absolute Gasteiger partial charge is 0.319 e. The quantitative estimate of drug-likeness (QED) is 0.662. The normalized spacial score (nSPS) is 10.7. The van der Waals surface area contributed by atoms with E-state index in [0.29, 0.717) is 5.82 Å². The highest BCUT2D eigenvalue weighted by Gasteiger charge is 2.18. The third kappa shape index (κ3) is 3.19. The second-order valence-electron chi connectivity index (χ2n) is 4.58. The van der Waals surface area contributed by atoms with Crippen LogP contribution >= 0.6 is 0 Å². The van der Waals surface area contributed by atoms with Gasteiger partial charge in [0.15, 0.2) is 0 Å². The molecule has 2 aromatic rings. The lowest BCUT2D eigenvalue weighted by atomic mass is 10.2. The smallest absolute Gasteiger partial charge is 0.306 e. The number of amides is 1. The molecule has 1 heterocycles. The first-order valence-electron chi connectivity index (χ1n) is 6.06. The van der Waals surface area contributed by atoms with Crippen molar-refractivity contribution in [3.8, 4) is 0 Å². The van der Waals surface area contributed by atoms with Crippen molar-refractivity contribution in [1.82, 2.24) is 15.2 Å². The minimum atomic E-state index is -0.974. The maximum absolute atomic E-state index is 13.2. The van der Waals surface area contributed by atoms with E-state index in [9.17, 15) is 19.3 Å². The fraction of sp³-hybridized carbons (Fsp3) is 0.250. The Kier molecular flexibility index (Phi) is 3.92. The van der Waals surface area contributed by atoms with Crippen LogP contribution in [0.3, 0.4) is 0 Å². The minimum Gasteiger partial charge on any atom is -0.319 e. The molecule has 0 spiro atoms. The average molecular weight is 293 g/mol. The van der Waals surface area contributed by atoms with Gasteiger partial charge < -0.3 is 5.32 Å². The third-order valence-electron chi connectivity index (χ3n) is 2.65. The van der Waals surface area contributed by atoms with E-state index in [-0.39, 0.29) is 17.4 Å². The van der Waals surface area contributed by atoms with Gasteiger partial charge in [0.2, 0.25) is 11.6 Å². The molecule has 0 saturated carbocycles. The Labute approximate surface area is 118 Å². The van der Waals surface area contributed by atoms with Gasteiger partial charge in [-0.3, -0.25) is 20.0 Å². The number of halogens is 1. The van der Waals surface area contributed by atoms with Gasteiger partial charge >= 0.3 is 5.69 Å². The van der Waals surface area contributed by atoms with Crippen molar-refractivity contribution in [3.63, 3.8) is 0 Å². The van der Waals surface area contributed by atoms with Gasteiger partial charge in [-0.05, 0) is 12.1 Å². The number of rotatable bonds is 4. The molecule has 1 aromatic heterocycles. The van der Waals surface area contributed by atoms with Gasteiger partial charge in [0.25, 0.3) is 5.91 Å². The van der Waals surface area contributed by atoms with Gasteiger partial charge in [-0.25, -0.2) is 4.98 Å². The Morgan fingerprint density at radius 1 is 1.48 bits per heavy atom. The number of hydrogen-bond donors (Lipinski definition) is 2. The Morgan fingerprint density at radius 2 is 2.19 bits per heavy atom. The zero-order chi connectivity index (χ0) is 15.6. The number of aromatic amines is 1. The van der Waals surface area contributed by atoms with E-state index in [2.05, 4.69) is 20.5 Å². The first-order valence-corrected chi connectivity index (χ1v) is 6.06. The Balaban J connectivity index is 2.19. The number of nitro groups is 1. The standard InChI is InChI=1S/C12H12FN5O3/c1-6(2)10-15-11(17-16-10)12(19)14-7-3-4-8(13)9(5-7)18(20)21/h3-6H,1-2H3,(H,14,19)(H,15,16,17). The van der Waals surface area contributed by atoms with E-state index in [1.54, 1.807) is 0 Å². The van der Waals surface area contributed by atoms with Crippen molar-refractivity contribution in [2.75, 3.05) is 5.32 Å². The molecule has 2 N–H and O–H groups in total. The summed E-state index contributed by atoms with van der Waals surface area (Å²) in [7, 11) is 0. The molecule has 0 unspecified atom stereocenters. The number of aromatic nitrogens is 3. The highest BCUT2D eigenvalue weighted by Crippen LogP contribution is 2.21. The summed E-state index contributed by atoms with van der Waals surface area (Å²) >= 11 is 0. The Hall–Kier alpha value is -2.84. The predicted octanol–water partition coefficient (Wildman–Crippen LogP) is 2.23. The van der Waals surface area contributed by atoms with E-state index in [4.69, 9.17) is 0 Å². The highest BCUT2D eigenvalue weighted by atomic mass is 19.1. The topological polar surface area (TPSA) is 114 Å². The zero-order valence-corrected chi connectivity index (χ0v) is 11.3. The van der Waals surface area contributed by atoms with Gasteiger partial charge in [0, 0.05) is 17.7 Å². The van der Waals surface area contributed by atoms with E-state index >= 15 is 0 Å². The number of carbonyl (C=O) groups excluding carboxylic acids is 1. The number of nitrogens with zero attached hydrogens (tertiary/aromatic N) is 3. The molecule has 9 heteroatoms. The lowest BCUT2D eigenvalue weighted by Crippen LogP contribution is -2.14. The molecule has 21 heavy (non-hydrogen) atoms. The fourth-order valence-electron chi connectivity index (χ4n) is 1.55.